The van der Waals surface area contributed by atoms with Gasteiger partial charge in [0.15, 0.2) is 17.5 Å². The fourth-order valence-electron chi connectivity index (χ4n) is 5.34. The Hall–Kier alpha value is -7.52. The largest absolute Gasteiger partial charge is 0.363 e. The van der Waals surface area contributed by atoms with E-state index in [-0.39, 0.29) is 66.4 Å². The minimum atomic E-state index is -0.744. The molecular formula is C33H39N15O7. The SMILES string of the molecule is Cn1cc(NC(=O)c2nc(NC(=O)CCNC(=O)c3cc(NC(=O)c4nccn4C)cn3C)cn2C)cc1C(=O)NCCC(=O)Nc1cn(C)c(C(N)=O)n1. The monoisotopic (exact) mass is 757 g/mol. The third kappa shape index (κ3) is 9.48. The molecule has 0 aliphatic heterocycles. The summed E-state index contributed by atoms with van der Waals surface area (Å²) in [7, 11) is 8.05. The lowest BCUT2D eigenvalue weighted by Crippen LogP contribution is -2.29. The summed E-state index contributed by atoms with van der Waals surface area (Å²) in [6.07, 6.45) is 8.93. The van der Waals surface area contributed by atoms with Gasteiger partial charge in [0.05, 0.1) is 11.4 Å². The molecule has 8 N–H and O–H groups in total. The summed E-state index contributed by atoms with van der Waals surface area (Å²) in [6.45, 7) is -0.0178. The number of primary amides is 1. The van der Waals surface area contributed by atoms with Crippen LogP contribution >= 0.6 is 0 Å². The van der Waals surface area contributed by atoms with Crippen LogP contribution in [0.4, 0.5) is 23.0 Å². The van der Waals surface area contributed by atoms with Crippen molar-refractivity contribution >= 4 is 64.4 Å². The standard InChI is InChI=1S/C33H39N15O7/c1-44-11-10-35-28(44)32(54)38-18-12-20(45(2)14-18)30(52)37-9-7-25(50)41-23-17-48(5)29(43-23)33(55)39-19-13-21(46(3)15-19)31(53)36-8-6-24(49)40-22-16-47(4)27(42-22)26(34)51/h10-17H,6-9H2,1-5H3,(H2,34,51)(H,36,53)(H,37,52)(H,38,54)(H,39,55)(H,40,49)(H,41,50). The third-order valence-electron chi connectivity index (χ3n) is 8.00. The second kappa shape index (κ2) is 16.4. The van der Waals surface area contributed by atoms with Crippen LogP contribution in [0.15, 0.2) is 49.3 Å². The van der Waals surface area contributed by atoms with Crippen molar-refractivity contribution in [3.8, 4) is 0 Å². The number of aromatic nitrogens is 8. The Kier molecular flexibility index (Phi) is 11.6. The van der Waals surface area contributed by atoms with Crippen LogP contribution in [-0.4, -0.2) is 92.2 Å². The maximum atomic E-state index is 13.1. The summed E-state index contributed by atoms with van der Waals surface area (Å²) in [6, 6.07) is 2.95. The first kappa shape index (κ1) is 38.7. The number of rotatable bonds is 15. The Morgan fingerprint density at radius 2 is 1.02 bits per heavy atom. The second-order valence-corrected chi connectivity index (χ2v) is 12.3. The van der Waals surface area contributed by atoms with Crippen LogP contribution in [0.3, 0.4) is 0 Å². The number of nitrogens with two attached hydrogens (primary N) is 1. The van der Waals surface area contributed by atoms with Gasteiger partial charge in [-0.25, -0.2) is 15.0 Å². The number of carbonyl (C=O) groups is 7. The lowest BCUT2D eigenvalue weighted by molar-refractivity contribution is -0.116. The Morgan fingerprint density at radius 1 is 0.564 bits per heavy atom. The van der Waals surface area contributed by atoms with E-state index in [0.29, 0.717) is 11.4 Å². The van der Waals surface area contributed by atoms with Crippen molar-refractivity contribution in [1.82, 2.24) is 48.4 Å². The molecule has 0 radical (unpaired) electrons. The van der Waals surface area contributed by atoms with E-state index in [1.165, 1.54) is 55.2 Å². The van der Waals surface area contributed by atoms with Gasteiger partial charge in [-0.15, -0.1) is 0 Å². The minimum Gasteiger partial charge on any atom is -0.363 e. The zero-order valence-corrected chi connectivity index (χ0v) is 30.5. The molecule has 0 bridgehead atoms. The highest BCUT2D eigenvalue weighted by Crippen LogP contribution is 2.17. The van der Waals surface area contributed by atoms with Crippen LogP contribution in [0.2, 0.25) is 0 Å². The van der Waals surface area contributed by atoms with Crippen molar-refractivity contribution in [2.75, 3.05) is 34.4 Å². The number of aryl methyl sites for hydroxylation is 5. The summed E-state index contributed by atoms with van der Waals surface area (Å²) in [5.41, 5.74) is 6.38. The molecule has 5 heterocycles. The lowest BCUT2D eigenvalue weighted by Gasteiger charge is -2.06. The van der Waals surface area contributed by atoms with Crippen molar-refractivity contribution in [2.24, 2.45) is 41.0 Å². The maximum absolute atomic E-state index is 13.1. The maximum Gasteiger partial charge on any atom is 0.291 e. The zero-order chi connectivity index (χ0) is 40.0. The minimum absolute atomic E-state index is 0.00750. The molecule has 0 aliphatic carbocycles. The van der Waals surface area contributed by atoms with Crippen LogP contribution in [0.5, 0.6) is 0 Å². The van der Waals surface area contributed by atoms with Crippen LogP contribution in [0, 0.1) is 0 Å². The van der Waals surface area contributed by atoms with Gasteiger partial charge in [-0.2, -0.15) is 0 Å². The predicted octanol–water partition coefficient (Wildman–Crippen LogP) is -0.315. The van der Waals surface area contributed by atoms with Crippen molar-refractivity contribution in [1.29, 1.82) is 0 Å². The average molecular weight is 758 g/mol. The summed E-state index contributed by atoms with van der Waals surface area (Å²) in [4.78, 5) is 99.5. The van der Waals surface area contributed by atoms with Crippen LogP contribution in [-0.2, 0) is 44.8 Å². The van der Waals surface area contributed by atoms with Gasteiger partial charge in [-0.1, -0.05) is 0 Å². The zero-order valence-electron chi connectivity index (χ0n) is 30.5. The van der Waals surface area contributed by atoms with E-state index >= 15 is 0 Å². The second-order valence-electron chi connectivity index (χ2n) is 12.3. The van der Waals surface area contributed by atoms with Gasteiger partial charge >= 0.3 is 0 Å². The fourth-order valence-corrected chi connectivity index (χ4v) is 5.34. The molecular weight excluding hydrogens is 718 g/mol. The summed E-state index contributed by atoms with van der Waals surface area (Å²) in [5, 5.41) is 15.8. The van der Waals surface area contributed by atoms with E-state index in [1.54, 1.807) is 52.2 Å². The van der Waals surface area contributed by atoms with Gasteiger partial charge in [0.25, 0.3) is 29.5 Å². The highest BCUT2D eigenvalue weighted by Gasteiger charge is 2.20. The smallest absolute Gasteiger partial charge is 0.291 e. The lowest BCUT2D eigenvalue weighted by atomic mass is 10.3. The molecule has 5 aromatic heterocycles. The quantitative estimate of drug-likeness (QED) is 0.0731. The molecule has 0 atom stereocenters. The number of carbonyl (C=O) groups excluding carboxylic acids is 7. The molecule has 5 aromatic rings. The molecule has 0 aliphatic rings. The molecule has 0 spiro atoms. The number of anilines is 4. The molecule has 0 unspecified atom stereocenters. The van der Waals surface area contributed by atoms with E-state index in [0.717, 1.165) is 0 Å². The highest BCUT2D eigenvalue weighted by molar-refractivity contribution is 6.04. The molecule has 0 saturated carbocycles. The van der Waals surface area contributed by atoms with E-state index in [2.05, 4.69) is 46.9 Å². The highest BCUT2D eigenvalue weighted by atomic mass is 16.2. The average Bonchev–Trinajstić information content (AvgIpc) is 3.93. The number of imidazole rings is 3. The third-order valence-corrected chi connectivity index (χ3v) is 8.00. The molecule has 22 heteroatoms. The van der Waals surface area contributed by atoms with E-state index < -0.39 is 41.4 Å². The van der Waals surface area contributed by atoms with Crippen LogP contribution < -0.4 is 37.6 Å². The number of hydrogen-bond acceptors (Lipinski definition) is 10. The van der Waals surface area contributed by atoms with Gasteiger partial charge in [0.2, 0.25) is 23.5 Å². The fraction of sp³-hybridized carbons (Fsp3) is 0.273. The normalized spacial score (nSPS) is 10.8. The first-order valence-electron chi connectivity index (χ1n) is 16.5. The van der Waals surface area contributed by atoms with Crippen LogP contribution in [0.1, 0.15) is 65.7 Å². The van der Waals surface area contributed by atoms with Crippen molar-refractivity contribution in [3.05, 3.63) is 78.2 Å². The van der Waals surface area contributed by atoms with Crippen LogP contribution in [0.25, 0.3) is 0 Å². The van der Waals surface area contributed by atoms with Gasteiger partial charge in [-0.05, 0) is 12.1 Å². The van der Waals surface area contributed by atoms with Gasteiger partial charge in [0, 0.05) is 98.4 Å². The Morgan fingerprint density at radius 3 is 1.45 bits per heavy atom. The van der Waals surface area contributed by atoms with Crippen molar-refractivity contribution in [3.63, 3.8) is 0 Å². The Labute approximate surface area is 312 Å². The van der Waals surface area contributed by atoms with E-state index in [4.69, 9.17) is 5.73 Å². The molecule has 5 rings (SSSR count). The molecule has 55 heavy (non-hydrogen) atoms. The number of hydrogen-bond donors (Lipinski definition) is 7. The van der Waals surface area contributed by atoms with E-state index in [9.17, 15) is 33.6 Å². The van der Waals surface area contributed by atoms with Gasteiger partial charge in [-0.3, -0.25) is 33.6 Å². The Bertz CT molecular complexity index is 2300. The molecule has 288 valence electrons. The van der Waals surface area contributed by atoms with E-state index in [1.807, 2.05) is 0 Å². The molecule has 22 nitrogen and oxygen atoms in total. The predicted molar refractivity (Wildman–Crippen MR) is 196 cm³/mol. The first-order valence-corrected chi connectivity index (χ1v) is 16.5. The number of nitrogens with zero attached hydrogens (tertiary/aromatic N) is 8. The summed E-state index contributed by atoms with van der Waals surface area (Å²) < 4.78 is 7.38. The first-order chi connectivity index (χ1) is 26.1. The molecule has 7 amide bonds. The topological polar surface area (TPSA) is 281 Å². The Balaban J connectivity index is 1.06. The molecule has 0 fully saturated rings. The molecule has 0 saturated heterocycles. The summed E-state index contributed by atoms with van der Waals surface area (Å²) in [5.74, 6) is -3.27. The van der Waals surface area contributed by atoms with Gasteiger partial charge in [0.1, 0.15) is 11.4 Å². The number of nitrogens with one attached hydrogen (secondary N) is 6. The summed E-state index contributed by atoms with van der Waals surface area (Å²) >= 11 is 0. The number of amides is 7. The van der Waals surface area contributed by atoms with Crippen molar-refractivity contribution < 1.29 is 33.6 Å². The van der Waals surface area contributed by atoms with Gasteiger partial charge < -0.3 is 60.5 Å². The molecule has 0 aromatic carbocycles. The van der Waals surface area contributed by atoms with Crippen molar-refractivity contribution in [2.45, 2.75) is 12.8 Å².